The van der Waals surface area contributed by atoms with Crippen LogP contribution >= 0.6 is 0 Å². The molecule has 0 aromatic carbocycles. The van der Waals surface area contributed by atoms with Gasteiger partial charge in [0, 0.05) is 43.9 Å². The highest BCUT2D eigenvalue weighted by Gasteiger charge is 2.30. The van der Waals surface area contributed by atoms with Crippen molar-refractivity contribution in [3.63, 3.8) is 0 Å². The lowest BCUT2D eigenvalue weighted by Gasteiger charge is -2.41. The van der Waals surface area contributed by atoms with Crippen molar-refractivity contribution in [1.82, 2.24) is 15.2 Å². The quantitative estimate of drug-likeness (QED) is 0.870. The van der Waals surface area contributed by atoms with E-state index >= 15 is 0 Å². The van der Waals surface area contributed by atoms with Crippen LogP contribution in [0.5, 0.6) is 5.88 Å². The minimum absolute atomic E-state index is 0.0307. The fourth-order valence-corrected chi connectivity index (χ4v) is 4.20. The summed E-state index contributed by atoms with van der Waals surface area (Å²) in [5.41, 5.74) is 2.42. The van der Waals surface area contributed by atoms with Crippen LogP contribution in [-0.2, 0) is 17.8 Å². The van der Waals surface area contributed by atoms with Crippen LogP contribution in [0.3, 0.4) is 0 Å². The number of aromatic nitrogens is 1. The summed E-state index contributed by atoms with van der Waals surface area (Å²) in [6.45, 7) is 5.01. The maximum absolute atomic E-state index is 11.9. The number of fused-ring (bicyclic) bond motifs is 1. The predicted molar refractivity (Wildman–Crippen MR) is 93.3 cm³/mol. The van der Waals surface area contributed by atoms with Crippen molar-refractivity contribution in [2.24, 2.45) is 0 Å². The number of ether oxygens (including phenoxy) is 1. The Morgan fingerprint density at radius 2 is 2.08 bits per heavy atom. The van der Waals surface area contributed by atoms with Gasteiger partial charge in [-0.25, -0.2) is 0 Å². The molecule has 2 aliphatic heterocycles. The number of ketones is 1. The molecule has 24 heavy (non-hydrogen) atoms. The van der Waals surface area contributed by atoms with E-state index in [2.05, 4.69) is 21.3 Å². The molecule has 5 heteroatoms. The summed E-state index contributed by atoms with van der Waals surface area (Å²) >= 11 is 0. The van der Waals surface area contributed by atoms with Crippen molar-refractivity contribution in [3.8, 4) is 5.88 Å². The van der Waals surface area contributed by atoms with Gasteiger partial charge < -0.3 is 19.9 Å². The van der Waals surface area contributed by atoms with Crippen LogP contribution in [0.2, 0.25) is 0 Å². The van der Waals surface area contributed by atoms with Gasteiger partial charge in [0.25, 0.3) is 0 Å². The molecule has 2 fully saturated rings. The Balaban J connectivity index is 1.32. The third kappa shape index (κ3) is 3.24. The van der Waals surface area contributed by atoms with Gasteiger partial charge in [0.2, 0.25) is 0 Å². The number of aromatic amines is 1. The van der Waals surface area contributed by atoms with Gasteiger partial charge in [-0.3, -0.25) is 4.79 Å². The third-order valence-electron chi connectivity index (χ3n) is 6.01. The molecule has 4 rings (SSSR count). The van der Waals surface area contributed by atoms with E-state index in [-0.39, 0.29) is 6.04 Å². The first-order chi connectivity index (χ1) is 11.7. The van der Waals surface area contributed by atoms with E-state index in [1.165, 1.54) is 43.6 Å². The molecule has 1 unspecified atom stereocenters. The van der Waals surface area contributed by atoms with E-state index in [0.717, 1.165) is 37.7 Å². The van der Waals surface area contributed by atoms with Gasteiger partial charge in [-0.2, -0.15) is 0 Å². The molecule has 1 saturated carbocycles. The minimum atomic E-state index is -0.0307. The molecule has 1 atom stereocenters. The molecule has 132 valence electrons. The van der Waals surface area contributed by atoms with Crippen molar-refractivity contribution in [2.75, 3.05) is 13.1 Å². The normalized spacial score (nSPS) is 26.0. The number of hydrogen-bond donors (Lipinski definition) is 2. The smallest absolute Gasteiger partial charge is 0.191 e. The number of piperidine rings is 1. The molecule has 0 radical (unpaired) electrons. The van der Waals surface area contributed by atoms with Crippen LogP contribution in [0.15, 0.2) is 6.07 Å². The second-order valence-corrected chi connectivity index (χ2v) is 7.53. The number of carbonyl (C=O) groups is 1. The first-order valence-corrected chi connectivity index (χ1v) is 9.60. The standard InChI is InChI=1S/C19H29N3O2/c1-2-18(23)16-10-13-11-19(21-17(13)12-20-16)24-15-6-8-22(9-7-15)14-4-3-5-14/h11,14-16,20-21H,2-10,12H2,1H3. The van der Waals surface area contributed by atoms with Crippen LogP contribution in [0.4, 0.5) is 0 Å². The molecule has 1 aromatic rings. The van der Waals surface area contributed by atoms with Crippen LogP contribution in [0.25, 0.3) is 0 Å². The zero-order valence-electron chi connectivity index (χ0n) is 14.6. The maximum atomic E-state index is 11.9. The number of H-pyrrole nitrogens is 1. The molecule has 3 heterocycles. The first kappa shape index (κ1) is 16.2. The molecule has 5 nitrogen and oxygen atoms in total. The van der Waals surface area contributed by atoms with Gasteiger partial charge in [-0.15, -0.1) is 0 Å². The van der Waals surface area contributed by atoms with E-state index in [1.54, 1.807) is 0 Å². The Kier molecular flexibility index (Phi) is 4.63. The number of carbonyl (C=O) groups excluding carboxylic acids is 1. The second kappa shape index (κ2) is 6.89. The number of nitrogens with one attached hydrogen (secondary N) is 2. The van der Waals surface area contributed by atoms with Gasteiger partial charge in [0.05, 0.1) is 6.04 Å². The molecular formula is C19H29N3O2. The van der Waals surface area contributed by atoms with Crippen LogP contribution < -0.4 is 10.1 Å². The van der Waals surface area contributed by atoms with Crippen molar-refractivity contribution in [2.45, 2.75) is 76.6 Å². The van der Waals surface area contributed by atoms with E-state index in [0.29, 0.717) is 18.3 Å². The van der Waals surface area contributed by atoms with Gasteiger partial charge in [-0.05, 0) is 37.7 Å². The topological polar surface area (TPSA) is 57.4 Å². The lowest BCUT2D eigenvalue weighted by Crippen LogP contribution is -2.46. The Hall–Kier alpha value is -1.33. The number of Topliss-reactive ketones (excluding diaryl/α,β-unsaturated/α-hetero) is 1. The largest absolute Gasteiger partial charge is 0.476 e. The molecule has 1 aliphatic carbocycles. The molecule has 0 amide bonds. The van der Waals surface area contributed by atoms with Gasteiger partial charge in [0.15, 0.2) is 5.88 Å². The Morgan fingerprint density at radius 3 is 2.75 bits per heavy atom. The molecular weight excluding hydrogens is 302 g/mol. The SMILES string of the molecule is CCC(=O)C1Cc2cc(OC3CCN(C4CCC4)CC3)[nH]c2CN1. The Morgan fingerprint density at radius 1 is 1.29 bits per heavy atom. The highest BCUT2D eigenvalue weighted by Crippen LogP contribution is 2.29. The predicted octanol–water partition coefficient (Wildman–Crippen LogP) is 2.40. The summed E-state index contributed by atoms with van der Waals surface area (Å²) in [5, 5.41) is 3.33. The van der Waals surface area contributed by atoms with Gasteiger partial charge in [-0.1, -0.05) is 13.3 Å². The zero-order chi connectivity index (χ0) is 16.5. The number of rotatable bonds is 5. The lowest BCUT2D eigenvalue weighted by atomic mass is 9.90. The number of hydrogen-bond acceptors (Lipinski definition) is 4. The molecule has 2 N–H and O–H groups in total. The Labute approximate surface area is 144 Å². The highest BCUT2D eigenvalue weighted by molar-refractivity contribution is 5.84. The van der Waals surface area contributed by atoms with E-state index in [1.807, 2.05) is 6.92 Å². The summed E-state index contributed by atoms with van der Waals surface area (Å²) in [7, 11) is 0. The summed E-state index contributed by atoms with van der Waals surface area (Å²) in [4.78, 5) is 18.0. The van der Waals surface area contributed by atoms with E-state index in [4.69, 9.17) is 4.74 Å². The van der Waals surface area contributed by atoms with Crippen LogP contribution in [-0.4, -0.2) is 46.9 Å². The van der Waals surface area contributed by atoms with Gasteiger partial charge in [0.1, 0.15) is 11.9 Å². The second-order valence-electron chi connectivity index (χ2n) is 7.53. The fraction of sp³-hybridized carbons (Fsp3) is 0.737. The maximum Gasteiger partial charge on any atom is 0.191 e. The first-order valence-electron chi connectivity index (χ1n) is 9.60. The minimum Gasteiger partial charge on any atom is -0.476 e. The average Bonchev–Trinajstić information content (AvgIpc) is 2.95. The number of nitrogens with zero attached hydrogens (tertiary/aromatic N) is 1. The zero-order valence-corrected chi connectivity index (χ0v) is 14.6. The van der Waals surface area contributed by atoms with Crippen molar-refractivity contribution < 1.29 is 9.53 Å². The van der Waals surface area contributed by atoms with Crippen LogP contribution in [0, 0.1) is 0 Å². The van der Waals surface area contributed by atoms with Crippen LogP contribution in [0.1, 0.15) is 56.7 Å². The number of likely N-dealkylation sites (tertiary alicyclic amines) is 1. The monoisotopic (exact) mass is 331 g/mol. The van der Waals surface area contributed by atoms with Crippen molar-refractivity contribution in [1.29, 1.82) is 0 Å². The molecule has 0 bridgehead atoms. The molecule has 0 spiro atoms. The highest BCUT2D eigenvalue weighted by atomic mass is 16.5. The van der Waals surface area contributed by atoms with E-state index < -0.39 is 0 Å². The summed E-state index contributed by atoms with van der Waals surface area (Å²) in [5.74, 6) is 1.18. The molecule has 1 saturated heterocycles. The van der Waals surface area contributed by atoms with E-state index in [9.17, 15) is 4.79 Å². The average molecular weight is 331 g/mol. The lowest BCUT2D eigenvalue weighted by molar-refractivity contribution is -0.120. The Bertz CT molecular complexity index is 585. The van der Waals surface area contributed by atoms with Crippen molar-refractivity contribution >= 4 is 5.78 Å². The molecule has 3 aliphatic rings. The summed E-state index contributed by atoms with van der Waals surface area (Å²) in [6, 6.07) is 2.93. The molecule has 1 aromatic heterocycles. The summed E-state index contributed by atoms with van der Waals surface area (Å²) in [6.07, 6.45) is 8.12. The third-order valence-corrected chi connectivity index (χ3v) is 6.01. The van der Waals surface area contributed by atoms with Crippen molar-refractivity contribution in [3.05, 3.63) is 17.3 Å². The summed E-state index contributed by atoms with van der Waals surface area (Å²) < 4.78 is 6.21. The fourth-order valence-electron chi connectivity index (χ4n) is 4.20. The van der Waals surface area contributed by atoms with Gasteiger partial charge >= 0.3 is 0 Å².